The molecule has 4 atom stereocenters. The summed E-state index contributed by atoms with van der Waals surface area (Å²) in [5.74, 6) is 0.632. The largest absolute Gasteiger partial charge is 0.488 e. The van der Waals surface area contributed by atoms with Gasteiger partial charge in [-0.3, -0.25) is 23.8 Å². The zero-order chi connectivity index (χ0) is 47.7. The monoisotopic (exact) mass is 1020 g/mol. The van der Waals surface area contributed by atoms with E-state index in [-0.39, 0.29) is 22.7 Å². The third-order valence-electron chi connectivity index (χ3n) is 8.03. The van der Waals surface area contributed by atoms with Crippen LogP contribution in [0.1, 0.15) is 65.1 Å². The summed E-state index contributed by atoms with van der Waals surface area (Å²) >= 11 is 4.37. The fraction of sp³-hybridized carbons (Fsp3) is 0.463. The summed E-state index contributed by atoms with van der Waals surface area (Å²) in [6, 6.07) is 10.7. The van der Waals surface area contributed by atoms with Crippen molar-refractivity contribution in [3.63, 3.8) is 0 Å². The van der Waals surface area contributed by atoms with Crippen LogP contribution < -0.4 is 14.8 Å². The Morgan fingerprint density at radius 2 is 1.16 bits per heavy atom. The predicted octanol–water partition coefficient (Wildman–Crippen LogP) is 11.2. The Hall–Kier alpha value is -3.12. The smallest absolute Gasteiger partial charge is 0.257 e. The number of nitrogens with one attached hydrogen (secondary N) is 1. The molecule has 23 heteroatoms. The Balaban J connectivity index is 0.000000338. The Bertz CT molecular complexity index is 2450. The number of hydrogen-bond donors (Lipinski definition) is 1. The van der Waals surface area contributed by atoms with Gasteiger partial charge in [0.05, 0.1) is 76.9 Å². The molecule has 0 spiro atoms. The number of hydrogen-bond acceptors (Lipinski definition) is 18. The standard InChI is InChI=1S/C25H31N2O8PS2.2C8H14NO2PS/c1-6-33-36(4,29)15-19-16-37-25(26-19)27-24(28)18-11-21(34-17(2)14-32-3)13-22(12-18)35-20-7-9-23(10-8-20)38(5,30)31;2*1-4-11-12(3,10)5-8-6-13-7(2)9-8/h7-13,16-17H,6,14-15H2,1-5H3,(H,26,27,28);2*6H,4-5H2,1-3H3/t17-,36-;2*12-/m010/s1. The third-order valence-corrected chi connectivity index (χ3v) is 16.7. The van der Waals surface area contributed by atoms with Crippen LogP contribution in [-0.2, 0) is 60.3 Å². The molecule has 64 heavy (non-hydrogen) atoms. The van der Waals surface area contributed by atoms with Crippen molar-refractivity contribution in [2.24, 2.45) is 0 Å². The Morgan fingerprint density at radius 1 is 0.703 bits per heavy atom. The van der Waals surface area contributed by atoms with E-state index >= 15 is 0 Å². The predicted molar refractivity (Wildman–Crippen MR) is 258 cm³/mol. The number of nitrogens with zero attached hydrogens (tertiary/aromatic N) is 3. The highest BCUT2D eigenvalue weighted by Gasteiger charge is 2.21. The Labute approximate surface area is 389 Å². The maximum absolute atomic E-state index is 13.1. The first-order valence-electron chi connectivity index (χ1n) is 19.9. The van der Waals surface area contributed by atoms with Crippen molar-refractivity contribution in [3.05, 3.63) is 91.3 Å². The molecule has 0 radical (unpaired) electrons. The topological polar surface area (TPSA) is 208 Å². The van der Waals surface area contributed by atoms with Crippen molar-refractivity contribution in [2.75, 3.05) is 65.1 Å². The lowest BCUT2D eigenvalue weighted by molar-refractivity contribution is 0.0916. The Morgan fingerprint density at radius 3 is 1.58 bits per heavy atom. The van der Waals surface area contributed by atoms with Gasteiger partial charge in [-0.25, -0.2) is 23.4 Å². The lowest BCUT2D eigenvalue weighted by Crippen LogP contribution is -2.18. The minimum absolute atomic E-state index is 0.166. The number of methoxy groups -OCH3 is 1. The number of rotatable bonds is 21. The lowest BCUT2D eigenvalue weighted by Gasteiger charge is -2.16. The van der Waals surface area contributed by atoms with Gasteiger partial charge in [0.25, 0.3) is 5.91 Å². The molecule has 2 aromatic carbocycles. The maximum atomic E-state index is 13.1. The van der Waals surface area contributed by atoms with Crippen LogP contribution in [0.15, 0.2) is 63.5 Å². The van der Waals surface area contributed by atoms with Gasteiger partial charge in [-0.05, 0) is 77.9 Å². The van der Waals surface area contributed by atoms with Crippen LogP contribution in [0.25, 0.3) is 0 Å². The van der Waals surface area contributed by atoms with Crippen molar-refractivity contribution in [1.82, 2.24) is 15.0 Å². The first-order valence-corrected chi connectivity index (χ1v) is 31.2. The minimum atomic E-state index is -3.35. The summed E-state index contributed by atoms with van der Waals surface area (Å²) in [6.45, 7) is 17.7. The van der Waals surface area contributed by atoms with E-state index in [1.807, 2.05) is 45.4 Å². The number of anilines is 1. The van der Waals surface area contributed by atoms with Gasteiger partial charge in [0.15, 0.2) is 15.0 Å². The highest BCUT2D eigenvalue weighted by molar-refractivity contribution is 7.90. The van der Waals surface area contributed by atoms with Crippen LogP contribution in [0, 0.1) is 13.8 Å². The maximum Gasteiger partial charge on any atom is 0.257 e. The molecule has 1 N–H and O–H groups in total. The molecule has 0 aliphatic carbocycles. The number of carbonyl (C=O) groups is 1. The van der Waals surface area contributed by atoms with Gasteiger partial charge >= 0.3 is 0 Å². The molecule has 3 aromatic heterocycles. The summed E-state index contributed by atoms with van der Waals surface area (Å²) in [6.07, 6.45) is 1.90. The number of carbonyl (C=O) groups excluding carboxylic acids is 1. The fourth-order valence-electron chi connectivity index (χ4n) is 5.63. The minimum Gasteiger partial charge on any atom is -0.488 e. The van der Waals surface area contributed by atoms with Gasteiger partial charge in [0.2, 0.25) is 22.1 Å². The van der Waals surface area contributed by atoms with Crippen LogP contribution in [0.4, 0.5) is 5.13 Å². The van der Waals surface area contributed by atoms with E-state index in [1.165, 1.54) is 41.7 Å². The van der Waals surface area contributed by atoms with Gasteiger partial charge in [-0.1, -0.05) is 0 Å². The number of thiazole rings is 3. The summed E-state index contributed by atoms with van der Waals surface area (Å²) < 4.78 is 92.0. The summed E-state index contributed by atoms with van der Waals surface area (Å²) in [4.78, 5) is 26.1. The highest BCUT2D eigenvalue weighted by Crippen LogP contribution is 2.47. The molecule has 5 rings (SSSR count). The van der Waals surface area contributed by atoms with E-state index in [9.17, 15) is 26.9 Å². The molecule has 0 saturated carbocycles. The molecular weight excluding hydrogens is 962 g/mol. The van der Waals surface area contributed by atoms with Crippen molar-refractivity contribution in [2.45, 2.75) is 71.0 Å². The second-order valence-electron chi connectivity index (χ2n) is 14.5. The molecule has 0 aliphatic rings. The van der Waals surface area contributed by atoms with Crippen LogP contribution in [0.3, 0.4) is 0 Å². The average molecular weight is 1020 g/mol. The van der Waals surface area contributed by atoms with Gasteiger partial charge in [-0.2, -0.15) is 0 Å². The van der Waals surface area contributed by atoms with Gasteiger partial charge in [-0.15, -0.1) is 34.0 Å². The van der Waals surface area contributed by atoms with Gasteiger partial charge in [0, 0.05) is 61.1 Å². The SMILES string of the molecule is CCO[P@@](C)(=O)Cc1csc(C)n1.CCO[P@](C)(=O)Cc1csc(C)n1.CCO[P@](C)(=O)Cc1csc(NC(=O)c2cc(Oc3ccc(S(C)(=O)=O)cc3)cc(O[C@@H](C)COC)c2)n1. The van der Waals surface area contributed by atoms with Crippen molar-refractivity contribution in [1.29, 1.82) is 0 Å². The van der Waals surface area contributed by atoms with Crippen molar-refractivity contribution < 1.29 is 54.7 Å². The lowest BCUT2D eigenvalue weighted by atomic mass is 10.2. The van der Waals surface area contributed by atoms with E-state index in [4.69, 9.17) is 27.8 Å². The van der Waals surface area contributed by atoms with E-state index in [1.54, 1.807) is 74.2 Å². The molecule has 0 unspecified atom stereocenters. The zero-order valence-electron chi connectivity index (χ0n) is 38.0. The molecule has 5 aromatic rings. The molecule has 16 nitrogen and oxygen atoms in total. The number of benzene rings is 2. The van der Waals surface area contributed by atoms with E-state index in [0.29, 0.717) is 66.8 Å². The number of amides is 1. The normalized spacial score (nSPS) is 14.6. The average Bonchev–Trinajstić information content (AvgIpc) is 3.91. The van der Waals surface area contributed by atoms with E-state index in [2.05, 4.69) is 20.3 Å². The van der Waals surface area contributed by atoms with Gasteiger partial charge < -0.3 is 27.8 Å². The molecule has 0 saturated heterocycles. The molecule has 3 heterocycles. The zero-order valence-corrected chi connectivity index (χ0v) is 44.0. The van der Waals surface area contributed by atoms with Crippen LogP contribution in [0.2, 0.25) is 0 Å². The van der Waals surface area contributed by atoms with Crippen LogP contribution >= 0.6 is 56.1 Å². The van der Waals surface area contributed by atoms with Crippen LogP contribution in [0.5, 0.6) is 17.2 Å². The van der Waals surface area contributed by atoms with Gasteiger partial charge in [0.1, 0.15) is 23.4 Å². The molecule has 1 amide bonds. The molecule has 354 valence electrons. The number of aryl methyl sites for hydroxylation is 2. The highest BCUT2D eigenvalue weighted by atomic mass is 32.2. The Kier molecular flexibility index (Phi) is 22.2. The number of sulfone groups is 1. The quantitative estimate of drug-likeness (QED) is 0.0678. The third kappa shape index (κ3) is 20.6. The van der Waals surface area contributed by atoms with Crippen molar-refractivity contribution >= 4 is 77.0 Å². The number of ether oxygens (including phenoxy) is 3. The van der Waals surface area contributed by atoms with Crippen LogP contribution in [-0.4, -0.2) is 95.2 Å². The van der Waals surface area contributed by atoms with E-state index < -0.39 is 37.9 Å². The second kappa shape index (κ2) is 25.7. The molecule has 0 aliphatic heterocycles. The molecule has 0 bridgehead atoms. The second-order valence-corrected chi connectivity index (χ2v) is 27.3. The number of aromatic nitrogens is 3. The first kappa shape index (κ1) is 55.2. The molecular formula is C41H59N4O12P3S4. The summed E-state index contributed by atoms with van der Waals surface area (Å²) in [7, 11) is -9.51. The summed E-state index contributed by atoms with van der Waals surface area (Å²) in [5, 5.41) is 10.7. The first-order chi connectivity index (χ1) is 29.9. The molecule has 0 fully saturated rings. The van der Waals surface area contributed by atoms with Crippen molar-refractivity contribution in [3.8, 4) is 17.2 Å². The van der Waals surface area contributed by atoms with E-state index in [0.717, 1.165) is 27.7 Å². The summed E-state index contributed by atoms with van der Waals surface area (Å²) in [5.41, 5.74) is 2.57. The fourth-order valence-corrected chi connectivity index (χ4v) is 12.7.